The van der Waals surface area contributed by atoms with E-state index < -0.39 is 11.9 Å². The van der Waals surface area contributed by atoms with Gasteiger partial charge in [-0.25, -0.2) is 9.59 Å². The maximum Gasteiger partial charge on any atom is 0.350 e. The molecule has 0 bridgehead atoms. The summed E-state index contributed by atoms with van der Waals surface area (Å²) in [6, 6.07) is 7.80. The molecule has 3 rings (SSSR count). The predicted molar refractivity (Wildman–Crippen MR) is 125 cm³/mol. The van der Waals surface area contributed by atoms with E-state index in [0.717, 1.165) is 56.5 Å². The number of hydrogen-bond donors (Lipinski definition) is 0. The fraction of sp³-hybridized carbons (Fsp3) is 0.222. The Labute approximate surface area is 195 Å². The molecule has 2 aromatic heterocycles. The first-order valence-electron chi connectivity index (χ1n) is 8.19. The minimum atomic E-state index is -0.507. The largest absolute Gasteiger partial charge is 0.465 e. The number of benzene rings is 1. The molecule has 1 aromatic carbocycles. The highest BCUT2D eigenvalue weighted by atomic mass is 32.2. The lowest BCUT2D eigenvalue weighted by Gasteiger charge is -2.09. The van der Waals surface area contributed by atoms with Gasteiger partial charge in [0.05, 0.1) is 22.6 Å². The molecule has 0 saturated carbocycles. The van der Waals surface area contributed by atoms with Crippen LogP contribution in [0.15, 0.2) is 42.3 Å². The van der Waals surface area contributed by atoms with Crippen LogP contribution in [0.3, 0.4) is 0 Å². The van der Waals surface area contributed by atoms with E-state index in [1.165, 1.54) is 37.7 Å². The Bertz CT molecular complexity index is 1080. The van der Waals surface area contributed by atoms with Crippen molar-refractivity contribution in [3.05, 3.63) is 62.8 Å². The van der Waals surface area contributed by atoms with Crippen LogP contribution in [0.25, 0.3) is 0 Å². The summed E-state index contributed by atoms with van der Waals surface area (Å²) in [4.78, 5) is 47.9. The number of carbonyl (C=O) groups excluding carboxylic acids is 2. The molecule has 0 fully saturated rings. The monoisotopic (exact) mass is 518 g/mol. The summed E-state index contributed by atoms with van der Waals surface area (Å²) >= 11 is 6.70. The van der Waals surface area contributed by atoms with Crippen molar-refractivity contribution in [1.29, 1.82) is 0 Å². The summed E-state index contributed by atoms with van der Waals surface area (Å²) in [5.41, 5.74) is 2.08. The van der Waals surface area contributed by atoms with Crippen molar-refractivity contribution in [2.45, 2.75) is 19.9 Å². The number of hydrogen-bond acceptors (Lipinski definition) is 12. The lowest BCUT2D eigenvalue weighted by atomic mass is 10.1. The van der Waals surface area contributed by atoms with Gasteiger partial charge < -0.3 is 9.47 Å². The lowest BCUT2D eigenvalue weighted by Crippen LogP contribution is -2.00. The normalized spacial score (nSPS) is 10.7. The number of ether oxygens (including phenoxy) is 2. The number of esters is 2. The van der Waals surface area contributed by atoms with Crippen LogP contribution < -0.4 is 8.11 Å². The Balaban J connectivity index is 1.75. The van der Waals surface area contributed by atoms with Gasteiger partial charge in [-0.1, -0.05) is 69.6 Å². The number of rotatable bonds is 8. The van der Waals surface area contributed by atoms with Crippen LogP contribution in [0.4, 0.5) is 0 Å². The molecule has 0 spiro atoms. The third-order valence-electron chi connectivity index (χ3n) is 3.67. The Morgan fingerprint density at radius 2 is 1.17 bits per heavy atom. The van der Waals surface area contributed by atoms with Gasteiger partial charge in [0.25, 0.3) is 8.11 Å². The van der Waals surface area contributed by atoms with Crippen molar-refractivity contribution in [1.82, 2.24) is 0 Å². The lowest BCUT2D eigenvalue weighted by molar-refractivity contribution is 0.0594. The summed E-state index contributed by atoms with van der Waals surface area (Å²) < 4.78 is 10.5. The van der Waals surface area contributed by atoms with Crippen LogP contribution in [-0.4, -0.2) is 26.2 Å². The van der Waals surface area contributed by atoms with Crippen molar-refractivity contribution in [3.63, 3.8) is 0 Å². The maximum atomic E-state index is 11.9. The summed E-state index contributed by atoms with van der Waals surface area (Å²) in [5.74, 6) is 0.119. The molecule has 3 aromatic rings. The SMILES string of the molecule is COC(=O)c1sc(=O)sc1SCc1ccccc1CSc1sc(=O)sc1C(=O)OC. The summed E-state index contributed by atoms with van der Waals surface area (Å²) in [7, 11) is 2.58. The number of carbonyl (C=O) groups is 2. The van der Waals surface area contributed by atoms with E-state index in [1.54, 1.807) is 0 Å². The molecule has 158 valence electrons. The predicted octanol–water partition coefficient (Wildman–Crippen LogP) is 4.81. The zero-order valence-corrected chi connectivity index (χ0v) is 20.5. The Kier molecular flexibility index (Phi) is 8.31. The van der Waals surface area contributed by atoms with E-state index in [2.05, 4.69) is 0 Å². The van der Waals surface area contributed by atoms with Crippen molar-refractivity contribution in [2.24, 2.45) is 0 Å². The smallest absolute Gasteiger partial charge is 0.350 e. The van der Waals surface area contributed by atoms with E-state index in [1.807, 2.05) is 24.3 Å². The van der Waals surface area contributed by atoms with E-state index in [9.17, 15) is 19.2 Å². The minimum Gasteiger partial charge on any atom is -0.465 e. The second-order valence-electron chi connectivity index (χ2n) is 5.47. The second-order valence-corrected chi connectivity index (χ2v) is 12.4. The van der Waals surface area contributed by atoms with Gasteiger partial charge >= 0.3 is 11.9 Å². The van der Waals surface area contributed by atoms with E-state index in [4.69, 9.17) is 9.47 Å². The third-order valence-corrected chi connectivity index (χ3v) is 10.8. The van der Waals surface area contributed by atoms with Gasteiger partial charge in [-0.05, 0) is 11.1 Å². The van der Waals surface area contributed by atoms with Crippen LogP contribution in [0.5, 0.6) is 0 Å². The Hall–Kier alpha value is -1.44. The molecular formula is C18H14O6S6. The third kappa shape index (κ3) is 5.62. The fourth-order valence-electron chi connectivity index (χ4n) is 2.29. The van der Waals surface area contributed by atoms with Gasteiger partial charge in [0.2, 0.25) is 0 Å². The van der Waals surface area contributed by atoms with Gasteiger partial charge in [-0.2, -0.15) is 0 Å². The molecule has 0 radical (unpaired) electrons. The molecule has 0 unspecified atom stereocenters. The highest BCUT2D eigenvalue weighted by Gasteiger charge is 2.20. The second kappa shape index (κ2) is 10.7. The molecular weight excluding hydrogens is 505 g/mol. The zero-order valence-electron chi connectivity index (χ0n) is 15.6. The van der Waals surface area contributed by atoms with Gasteiger partial charge in [0.15, 0.2) is 0 Å². The first-order chi connectivity index (χ1) is 14.4. The van der Waals surface area contributed by atoms with Crippen molar-refractivity contribution < 1.29 is 19.1 Å². The van der Waals surface area contributed by atoms with Crippen molar-refractivity contribution >= 4 is 80.8 Å². The maximum absolute atomic E-state index is 11.9. The molecule has 0 atom stereocenters. The van der Waals surface area contributed by atoms with E-state index in [-0.39, 0.29) is 8.11 Å². The molecule has 2 heterocycles. The van der Waals surface area contributed by atoms with Crippen LogP contribution >= 0.6 is 68.9 Å². The quantitative estimate of drug-likeness (QED) is 0.310. The minimum absolute atomic E-state index is 0.149. The highest BCUT2D eigenvalue weighted by Crippen LogP contribution is 2.35. The average Bonchev–Trinajstić information content (AvgIpc) is 3.32. The van der Waals surface area contributed by atoms with Gasteiger partial charge in [-0.3, -0.25) is 9.59 Å². The van der Waals surface area contributed by atoms with Gasteiger partial charge in [0.1, 0.15) is 9.75 Å². The van der Waals surface area contributed by atoms with Crippen LogP contribution in [0.2, 0.25) is 0 Å². The fourth-order valence-corrected chi connectivity index (χ4v) is 9.37. The molecule has 0 saturated heterocycles. The molecule has 0 aliphatic rings. The molecule has 30 heavy (non-hydrogen) atoms. The number of thioether (sulfide) groups is 2. The zero-order chi connectivity index (χ0) is 21.7. The molecule has 0 N–H and O–H groups in total. The van der Waals surface area contributed by atoms with Crippen molar-refractivity contribution in [3.8, 4) is 0 Å². The molecule has 0 aliphatic carbocycles. The highest BCUT2D eigenvalue weighted by molar-refractivity contribution is 8.01. The molecule has 6 nitrogen and oxygen atoms in total. The summed E-state index contributed by atoms with van der Waals surface area (Å²) in [6.07, 6.45) is 0. The topological polar surface area (TPSA) is 86.7 Å². The average molecular weight is 519 g/mol. The van der Waals surface area contributed by atoms with Crippen LogP contribution in [-0.2, 0) is 21.0 Å². The van der Waals surface area contributed by atoms with Gasteiger partial charge in [-0.15, -0.1) is 23.5 Å². The van der Waals surface area contributed by atoms with Crippen LogP contribution in [0.1, 0.15) is 30.5 Å². The first-order valence-corrected chi connectivity index (χ1v) is 13.4. The van der Waals surface area contributed by atoms with E-state index >= 15 is 0 Å². The molecule has 12 heteroatoms. The number of methoxy groups -OCH3 is 2. The Morgan fingerprint density at radius 3 is 1.53 bits per heavy atom. The summed E-state index contributed by atoms with van der Waals surface area (Å²) in [5, 5.41) is 0. The van der Waals surface area contributed by atoms with Crippen LogP contribution in [0, 0.1) is 0 Å². The molecule has 0 aliphatic heterocycles. The first kappa shape index (κ1) is 23.2. The standard InChI is InChI=1S/C18H14O6S6/c1-23-13(19)11-15(29-17(21)27-11)25-7-9-5-3-4-6-10(9)8-26-16-12(14(20)24-2)28-18(22)30-16/h3-6H,7-8H2,1-2H3. The van der Waals surface area contributed by atoms with E-state index in [0.29, 0.717) is 29.7 Å². The summed E-state index contributed by atoms with van der Waals surface area (Å²) in [6.45, 7) is 0. The van der Waals surface area contributed by atoms with Crippen molar-refractivity contribution in [2.75, 3.05) is 14.2 Å². The molecule has 0 amide bonds. The van der Waals surface area contributed by atoms with Gasteiger partial charge in [0, 0.05) is 11.5 Å². The Morgan fingerprint density at radius 1 is 0.767 bits per heavy atom.